The van der Waals surface area contributed by atoms with Crippen LogP contribution in [0.1, 0.15) is 35.4 Å². The maximum Gasteiger partial charge on any atom is 0.276 e. The van der Waals surface area contributed by atoms with Crippen LogP contribution in [0, 0.1) is 13.8 Å². The highest BCUT2D eigenvalue weighted by Crippen LogP contribution is 2.23. The Kier molecular flexibility index (Phi) is 6.21. The summed E-state index contributed by atoms with van der Waals surface area (Å²) in [6.07, 6.45) is 1.69. The second-order valence-corrected chi connectivity index (χ2v) is 8.25. The normalized spacial score (nSPS) is 12.1. The van der Waals surface area contributed by atoms with E-state index in [0.717, 1.165) is 22.3 Å². The number of amides is 1. The lowest BCUT2D eigenvalue weighted by Crippen LogP contribution is -2.35. The summed E-state index contributed by atoms with van der Waals surface area (Å²) in [7, 11) is 0. The topological polar surface area (TPSA) is 68.9 Å². The van der Waals surface area contributed by atoms with Crippen molar-refractivity contribution in [1.82, 2.24) is 19.7 Å². The molecule has 164 valence electrons. The predicted molar refractivity (Wildman–Crippen MR) is 127 cm³/mol. The van der Waals surface area contributed by atoms with Gasteiger partial charge in [0.2, 0.25) is 5.91 Å². The summed E-state index contributed by atoms with van der Waals surface area (Å²) in [6.45, 7) is 7.11. The van der Waals surface area contributed by atoms with Crippen molar-refractivity contribution in [3.05, 3.63) is 99.7 Å². The van der Waals surface area contributed by atoms with Crippen LogP contribution in [0.15, 0.2) is 71.7 Å². The van der Waals surface area contributed by atoms with Gasteiger partial charge in [0.15, 0.2) is 0 Å². The number of carbonyl (C=O) groups is 1. The van der Waals surface area contributed by atoms with Gasteiger partial charge in [0, 0.05) is 29.9 Å². The van der Waals surface area contributed by atoms with Crippen LogP contribution in [-0.4, -0.2) is 26.8 Å². The minimum Gasteiger partial charge on any atom is -0.354 e. The van der Waals surface area contributed by atoms with E-state index < -0.39 is 0 Å². The van der Waals surface area contributed by atoms with Gasteiger partial charge in [-0.1, -0.05) is 67.6 Å². The lowest BCUT2D eigenvalue weighted by molar-refractivity contribution is -0.121. The highest BCUT2D eigenvalue weighted by atomic mass is 16.2. The Hall–Kier alpha value is -3.67. The summed E-state index contributed by atoms with van der Waals surface area (Å²) in [5.74, 6) is -0.0379. The number of hydrogen-bond donors (Lipinski definition) is 1. The molecule has 0 saturated heterocycles. The number of rotatable bonds is 7. The molecule has 2 heterocycles. The molecule has 0 spiro atoms. The van der Waals surface area contributed by atoms with Gasteiger partial charge in [-0.2, -0.15) is 5.10 Å². The largest absolute Gasteiger partial charge is 0.354 e. The standard InChI is InChI=1S/C26H28N4O2/c1-18(22-12-8-5-9-13-22)14-27-24(31)17-30-26(32)25-20(3)29(19(2)23(25)15-28-30)16-21-10-6-4-7-11-21/h4-13,15,18H,14,16-17H2,1-3H3,(H,27,31)/t18-/m0/s1. The highest BCUT2D eigenvalue weighted by Gasteiger charge is 2.17. The highest BCUT2D eigenvalue weighted by molar-refractivity contribution is 5.87. The molecule has 0 saturated carbocycles. The van der Waals surface area contributed by atoms with Crippen LogP contribution >= 0.6 is 0 Å². The minimum atomic E-state index is -0.235. The number of nitrogens with one attached hydrogen (secondary N) is 1. The van der Waals surface area contributed by atoms with Gasteiger partial charge in [-0.15, -0.1) is 0 Å². The molecule has 0 bridgehead atoms. The van der Waals surface area contributed by atoms with Crippen LogP contribution in [0.25, 0.3) is 10.8 Å². The molecule has 6 heteroatoms. The molecule has 2 aromatic heterocycles. The van der Waals surface area contributed by atoms with Crippen molar-refractivity contribution in [2.24, 2.45) is 0 Å². The van der Waals surface area contributed by atoms with Crippen molar-refractivity contribution in [1.29, 1.82) is 0 Å². The molecular formula is C26H28N4O2. The van der Waals surface area contributed by atoms with Crippen molar-refractivity contribution < 1.29 is 4.79 Å². The fraction of sp³-hybridized carbons (Fsp3) is 0.269. The Morgan fingerprint density at radius 3 is 2.34 bits per heavy atom. The zero-order chi connectivity index (χ0) is 22.7. The first-order valence-corrected chi connectivity index (χ1v) is 10.9. The smallest absolute Gasteiger partial charge is 0.276 e. The van der Waals surface area contributed by atoms with E-state index >= 15 is 0 Å². The zero-order valence-electron chi connectivity index (χ0n) is 18.7. The summed E-state index contributed by atoms with van der Waals surface area (Å²) in [4.78, 5) is 25.7. The summed E-state index contributed by atoms with van der Waals surface area (Å²) < 4.78 is 3.39. The van der Waals surface area contributed by atoms with Crippen LogP contribution in [0.3, 0.4) is 0 Å². The second kappa shape index (κ2) is 9.22. The molecule has 0 aliphatic carbocycles. The van der Waals surface area contributed by atoms with Gasteiger partial charge in [0.1, 0.15) is 6.54 Å². The van der Waals surface area contributed by atoms with E-state index in [0.29, 0.717) is 18.5 Å². The Morgan fingerprint density at radius 1 is 1.00 bits per heavy atom. The van der Waals surface area contributed by atoms with Crippen molar-refractivity contribution in [3.63, 3.8) is 0 Å². The monoisotopic (exact) mass is 428 g/mol. The van der Waals surface area contributed by atoms with Gasteiger partial charge in [-0.3, -0.25) is 9.59 Å². The van der Waals surface area contributed by atoms with Gasteiger partial charge < -0.3 is 9.88 Å². The molecule has 0 aliphatic heterocycles. The van der Waals surface area contributed by atoms with Crippen LogP contribution in [0.4, 0.5) is 0 Å². The Labute approximate surface area is 187 Å². The number of benzene rings is 2. The molecule has 4 aromatic rings. The van der Waals surface area contributed by atoms with E-state index in [1.165, 1.54) is 10.2 Å². The van der Waals surface area contributed by atoms with E-state index in [1.54, 1.807) is 6.20 Å². The van der Waals surface area contributed by atoms with Crippen LogP contribution in [0.5, 0.6) is 0 Å². The summed E-state index contributed by atoms with van der Waals surface area (Å²) in [5, 5.41) is 8.66. The summed E-state index contributed by atoms with van der Waals surface area (Å²) in [6, 6.07) is 20.2. The SMILES string of the molecule is Cc1c2cnn(CC(=O)NC[C@H](C)c3ccccc3)c(=O)c2c(C)n1Cc1ccccc1. The molecule has 6 nitrogen and oxygen atoms in total. The first-order valence-electron chi connectivity index (χ1n) is 10.9. The second-order valence-electron chi connectivity index (χ2n) is 8.25. The van der Waals surface area contributed by atoms with Crippen molar-refractivity contribution >= 4 is 16.7 Å². The fourth-order valence-corrected chi connectivity index (χ4v) is 4.12. The number of aryl methyl sites for hydroxylation is 2. The Balaban J connectivity index is 1.52. The lowest BCUT2D eigenvalue weighted by Gasteiger charge is -2.13. The molecule has 1 N–H and O–H groups in total. The van der Waals surface area contributed by atoms with Crippen LogP contribution < -0.4 is 10.9 Å². The third kappa shape index (κ3) is 4.35. The number of fused-ring (bicyclic) bond motifs is 1. The number of aromatic nitrogens is 3. The zero-order valence-corrected chi connectivity index (χ0v) is 18.7. The van der Waals surface area contributed by atoms with E-state index in [1.807, 2.05) is 62.4 Å². The van der Waals surface area contributed by atoms with Gasteiger partial charge in [-0.05, 0) is 30.9 Å². The minimum absolute atomic E-state index is 0.0986. The Morgan fingerprint density at radius 2 is 1.66 bits per heavy atom. The van der Waals surface area contributed by atoms with Gasteiger partial charge in [-0.25, -0.2) is 4.68 Å². The number of hydrogen-bond acceptors (Lipinski definition) is 3. The van der Waals surface area contributed by atoms with E-state index in [-0.39, 0.29) is 23.9 Å². The van der Waals surface area contributed by atoms with E-state index in [4.69, 9.17) is 0 Å². The third-order valence-electron chi connectivity index (χ3n) is 6.06. The number of carbonyl (C=O) groups excluding carboxylic acids is 1. The third-order valence-corrected chi connectivity index (χ3v) is 6.06. The lowest BCUT2D eigenvalue weighted by atomic mass is 10.0. The Bertz CT molecular complexity index is 1290. The average Bonchev–Trinajstić information content (AvgIpc) is 3.05. The molecule has 1 amide bonds. The quantitative estimate of drug-likeness (QED) is 0.487. The number of nitrogens with zero attached hydrogens (tertiary/aromatic N) is 3. The molecule has 4 rings (SSSR count). The van der Waals surface area contributed by atoms with Crippen molar-refractivity contribution in [3.8, 4) is 0 Å². The first-order chi connectivity index (χ1) is 15.5. The molecule has 0 radical (unpaired) electrons. The molecule has 1 atom stereocenters. The summed E-state index contributed by atoms with van der Waals surface area (Å²) >= 11 is 0. The maximum atomic E-state index is 13.2. The van der Waals surface area contributed by atoms with Gasteiger partial charge >= 0.3 is 0 Å². The van der Waals surface area contributed by atoms with Crippen LogP contribution in [0.2, 0.25) is 0 Å². The molecule has 0 aliphatic rings. The summed E-state index contributed by atoms with van der Waals surface area (Å²) in [5.41, 5.74) is 3.98. The molecule has 0 unspecified atom stereocenters. The van der Waals surface area contributed by atoms with Crippen LogP contribution in [-0.2, 0) is 17.9 Å². The predicted octanol–water partition coefficient (Wildman–Crippen LogP) is 3.78. The van der Waals surface area contributed by atoms with Crippen molar-refractivity contribution in [2.45, 2.75) is 39.8 Å². The van der Waals surface area contributed by atoms with Gasteiger partial charge in [0.05, 0.1) is 11.6 Å². The average molecular weight is 429 g/mol. The molecule has 32 heavy (non-hydrogen) atoms. The van der Waals surface area contributed by atoms with Gasteiger partial charge in [0.25, 0.3) is 5.56 Å². The molecular weight excluding hydrogens is 400 g/mol. The maximum absolute atomic E-state index is 13.2. The fourth-order valence-electron chi connectivity index (χ4n) is 4.12. The first kappa shape index (κ1) is 21.6. The van der Waals surface area contributed by atoms with Crippen molar-refractivity contribution in [2.75, 3.05) is 6.54 Å². The molecule has 2 aromatic carbocycles. The molecule has 0 fully saturated rings. The van der Waals surface area contributed by atoms with E-state index in [9.17, 15) is 9.59 Å². The van der Waals surface area contributed by atoms with E-state index in [2.05, 4.69) is 34.0 Å².